The lowest BCUT2D eigenvalue weighted by molar-refractivity contribution is 0.403. The summed E-state index contributed by atoms with van der Waals surface area (Å²) in [5, 5.41) is 26.1. The summed E-state index contributed by atoms with van der Waals surface area (Å²) in [4.78, 5) is 0. The molecule has 2 aromatic rings. The first-order chi connectivity index (χ1) is 10.6. The third kappa shape index (κ3) is 3.86. The number of thiocarbonyl (C=S) groups is 1. The summed E-state index contributed by atoms with van der Waals surface area (Å²) in [5.41, 5.74) is 3.69. The van der Waals surface area contributed by atoms with Gasteiger partial charge >= 0.3 is 0 Å². The van der Waals surface area contributed by atoms with E-state index in [1.54, 1.807) is 25.3 Å². The molecule has 7 heteroatoms. The second-order valence-electron chi connectivity index (χ2n) is 4.24. The molecule has 114 valence electrons. The Bertz CT molecular complexity index is 704. The maximum Gasteiger partial charge on any atom is 0.191 e. The highest BCUT2D eigenvalue weighted by molar-refractivity contribution is 7.80. The second kappa shape index (κ2) is 7.28. The van der Waals surface area contributed by atoms with Crippen molar-refractivity contribution in [1.29, 1.82) is 0 Å². The van der Waals surface area contributed by atoms with Crippen molar-refractivity contribution in [3.8, 4) is 17.2 Å². The molecule has 0 fully saturated rings. The summed E-state index contributed by atoms with van der Waals surface area (Å²) in [6.45, 7) is 0. The summed E-state index contributed by atoms with van der Waals surface area (Å²) in [5.74, 6) is 0.205. The minimum Gasteiger partial charge on any atom is -0.504 e. The van der Waals surface area contributed by atoms with E-state index in [1.807, 2.05) is 18.2 Å². The number of ether oxygens (including phenoxy) is 1. The topological polar surface area (TPSA) is 86.1 Å². The lowest BCUT2D eigenvalue weighted by atomic mass is 10.2. The largest absolute Gasteiger partial charge is 0.504 e. The highest BCUT2D eigenvalue weighted by Gasteiger charge is 2.04. The number of hydrazone groups is 1. The van der Waals surface area contributed by atoms with Gasteiger partial charge in [-0.3, -0.25) is 5.43 Å². The lowest BCUT2D eigenvalue weighted by Gasteiger charge is -2.10. The third-order valence-corrected chi connectivity index (χ3v) is 2.96. The lowest BCUT2D eigenvalue weighted by Crippen LogP contribution is -2.24. The number of anilines is 1. The zero-order valence-electron chi connectivity index (χ0n) is 11.8. The van der Waals surface area contributed by atoms with E-state index in [-0.39, 0.29) is 16.6 Å². The number of rotatable bonds is 4. The van der Waals surface area contributed by atoms with Crippen LogP contribution in [0.3, 0.4) is 0 Å². The van der Waals surface area contributed by atoms with E-state index < -0.39 is 0 Å². The molecule has 22 heavy (non-hydrogen) atoms. The summed E-state index contributed by atoms with van der Waals surface area (Å²) in [6.07, 6.45) is 1.35. The van der Waals surface area contributed by atoms with Gasteiger partial charge in [0.15, 0.2) is 16.6 Å². The molecule has 6 nitrogen and oxygen atoms in total. The van der Waals surface area contributed by atoms with Gasteiger partial charge in [0.2, 0.25) is 0 Å². The van der Waals surface area contributed by atoms with E-state index in [1.165, 1.54) is 12.3 Å². The van der Waals surface area contributed by atoms with Crippen molar-refractivity contribution in [2.45, 2.75) is 0 Å². The van der Waals surface area contributed by atoms with Crippen molar-refractivity contribution in [2.75, 3.05) is 12.4 Å². The van der Waals surface area contributed by atoms with Crippen LogP contribution in [-0.4, -0.2) is 28.6 Å². The van der Waals surface area contributed by atoms with Gasteiger partial charge in [0.25, 0.3) is 0 Å². The minimum atomic E-state index is -0.239. The highest BCUT2D eigenvalue weighted by atomic mass is 32.1. The monoisotopic (exact) mass is 317 g/mol. The standard InChI is InChI=1S/C15H15N3O3S/c1-21-13-8-3-2-6-11(13)17-15(22)18-16-9-10-5-4-7-12(19)14(10)20/h2-9,19-20H,1H3,(H2,17,18,22)/b16-9+. The smallest absolute Gasteiger partial charge is 0.191 e. The molecule has 0 amide bonds. The SMILES string of the molecule is COc1ccccc1NC(=S)N/N=C/c1cccc(O)c1O. The molecule has 0 aromatic heterocycles. The maximum atomic E-state index is 9.63. The molecule has 0 bridgehead atoms. The van der Waals surface area contributed by atoms with Crippen molar-refractivity contribution in [3.05, 3.63) is 48.0 Å². The number of nitrogens with zero attached hydrogens (tertiary/aromatic N) is 1. The molecule has 0 unspecified atom stereocenters. The van der Waals surface area contributed by atoms with Crippen molar-refractivity contribution < 1.29 is 14.9 Å². The summed E-state index contributed by atoms with van der Waals surface area (Å²) < 4.78 is 5.20. The average Bonchev–Trinajstić information content (AvgIpc) is 2.52. The number of aromatic hydroxyl groups is 2. The van der Waals surface area contributed by atoms with Crippen LogP contribution >= 0.6 is 12.2 Å². The first-order valence-corrected chi connectivity index (χ1v) is 6.76. The molecule has 0 aliphatic carbocycles. The fraction of sp³-hybridized carbons (Fsp3) is 0.0667. The van der Waals surface area contributed by atoms with Crippen LogP contribution in [0.15, 0.2) is 47.6 Å². The van der Waals surface area contributed by atoms with Crippen LogP contribution in [-0.2, 0) is 0 Å². The predicted octanol–water partition coefficient (Wildman–Crippen LogP) is 2.43. The Morgan fingerprint density at radius 3 is 2.73 bits per heavy atom. The fourth-order valence-corrected chi connectivity index (χ4v) is 1.87. The molecule has 2 aromatic carbocycles. The van der Waals surface area contributed by atoms with E-state index in [2.05, 4.69) is 15.8 Å². The van der Waals surface area contributed by atoms with Crippen molar-refractivity contribution in [3.63, 3.8) is 0 Å². The third-order valence-electron chi connectivity index (χ3n) is 2.77. The van der Waals surface area contributed by atoms with Crippen LogP contribution in [0.4, 0.5) is 5.69 Å². The van der Waals surface area contributed by atoms with Gasteiger partial charge in [0, 0.05) is 5.56 Å². The average molecular weight is 317 g/mol. The molecule has 0 atom stereocenters. The second-order valence-corrected chi connectivity index (χ2v) is 4.65. The number of nitrogens with one attached hydrogen (secondary N) is 2. The number of hydrogen-bond donors (Lipinski definition) is 4. The van der Waals surface area contributed by atoms with Gasteiger partial charge in [-0.1, -0.05) is 18.2 Å². The number of para-hydroxylation sites is 3. The number of hydrogen-bond acceptors (Lipinski definition) is 5. The van der Waals surface area contributed by atoms with Gasteiger partial charge in [-0.25, -0.2) is 0 Å². The van der Waals surface area contributed by atoms with E-state index >= 15 is 0 Å². The molecular formula is C15H15N3O3S. The van der Waals surface area contributed by atoms with Crippen LogP contribution in [0, 0.1) is 0 Å². The molecule has 0 radical (unpaired) electrons. The molecule has 0 saturated heterocycles. The van der Waals surface area contributed by atoms with Crippen LogP contribution in [0.25, 0.3) is 0 Å². The molecule has 0 heterocycles. The van der Waals surface area contributed by atoms with E-state index in [0.717, 1.165) is 0 Å². The number of phenols is 2. The molecule has 0 aliphatic heterocycles. The van der Waals surface area contributed by atoms with Gasteiger partial charge in [-0.05, 0) is 36.5 Å². The van der Waals surface area contributed by atoms with Crippen molar-refractivity contribution in [1.82, 2.24) is 5.43 Å². The van der Waals surface area contributed by atoms with Gasteiger partial charge in [0.1, 0.15) is 5.75 Å². The summed E-state index contributed by atoms with van der Waals surface area (Å²) >= 11 is 5.11. The Morgan fingerprint density at radius 1 is 1.18 bits per heavy atom. The Kier molecular flexibility index (Phi) is 5.16. The Hall–Kier alpha value is -2.80. The zero-order valence-corrected chi connectivity index (χ0v) is 12.6. The van der Waals surface area contributed by atoms with Crippen molar-refractivity contribution >= 4 is 29.2 Å². The van der Waals surface area contributed by atoms with Gasteiger partial charge in [0.05, 0.1) is 19.0 Å². The minimum absolute atomic E-state index is 0.210. The van der Waals surface area contributed by atoms with Crippen molar-refractivity contribution in [2.24, 2.45) is 5.10 Å². The Balaban J connectivity index is 1.98. The fourth-order valence-electron chi connectivity index (χ4n) is 1.71. The van der Waals surface area contributed by atoms with Crippen LogP contribution in [0.1, 0.15) is 5.56 Å². The molecule has 0 aliphatic rings. The van der Waals surface area contributed by atoms with Gasteiger partial charge in [-0.15, -0.1) is 0 Å². The van der Waals surface area contributed by atoms with Crippen LogP contribution < -0.4 is 15.5 Å². The molecular weight excluding hydrogens is 302 g/mol. The highest BCUT2D eigenvalue weighted by Crippen LogP contribution is 2.26. The normalized spacial score (nSPS) is 10.4. The molecule has 4 N–H and O–H groups in total. The van der Waals surface area contributed by atoms with Gasteiger partial charge in [-0.2, -0.15) is 5.10 Å². The van der Waals surface area contributed by atoms with Gasteiger partial charge < -0.3 is 20.3 Å². The van der Waals surface area contributed by atoms with E-state index in [0.29, 0.717) is 17.0 Å². The van der Waals surface area contributed by atoms with Crippen LogP contribution in [0.5, 0.6) is 17.2 Å². The Labute approximate surface area is 133 Å². The van der Waals surface area contributed by atoms with E-state index in [9.17, 15) is 10.2 Å². The van der Waals surface area contributed by atoms with Crippen LogP contribution in [0.2, 0.25) is 0 Å². The predicted molar refractivity (Wildman–Crippen MR) is 89.7 cm³/mol. The van der Waals surface area contributed by atoms with E-state index in [4.69, 9.17) is 17.0 Å². The summed E-state index contributed by atoms with van der Waals surface area (Å²) in [7, 11) is 1.57. The molecule has 0 spiro atoms. The molecule has 0 saturated carbocycles. The quantitative estimate of drug-likeness (QED) is 0.300. The first-order valence-electron chi connectivity index (χ1n) is 6.36. The molecule has 2 rings (SSSR count). The zero-order chi connectivity index (χ0) is 15.9. The number of benzene rings is 2. The number of methoxy groups -OCH3 is 1. The number of phenolic OH excluding ortho intramolecular Hbond substituents is 2. The maximum absolute atomic E-state index is 9.63. The first kappa shape index (κ1) is 15.6. The summed E-state index contributed by atoms with van der Waals surface area (Å²) in [6, 6.07) is 11.9. The Morgan fingerprint density at radius 2 is 1.95 bits per heavy atom.